The number of methoxy groups -OCH3 is 2. The Morgan fingerprint density at radius 3 is 2.37 bits per heavy atom. The van der Waals surface area contributed by atoms with E-state index in [0.717, 1.165) is 12.4 Å². The number of hydrogen-bond donors (Lipinski definition) is 0. The van der Waals surface area contributed by atoms with Crippen LogP contribution in [0.1, 0.15) is 24.9 Å². The molecule has 1 aromatic carbocycles. The van der Waals surface area contributed by atoms with E-state index in [1.807, 2.05) is 0 Å². The Morgan fingerprint density at radius 2 is 1.77 bits per heavy atom. The molecule has 1 aliphatic heterocycles. The second kappa shape index (κ2) is 12.4. The zero-order chi connectivity index (χ0) is 30.7. The third-order valence-corrected chi connectivity index (χ3v) is 9.09. The van der Waals surface area contributed by atoms with Crippen LogP contribution < -0.4 is 14.4 Å². The Labute approximate surface area is 247 Å². The molecule has 4 heterocycles. The molecule has 1 saturated heterocycles. The van der Waals surface area contributed by atoms with Gasteiger partial charge >= 0.3 is 5.97 Å². The third-order valence-electron chi connectivity index (χ3n) is 7.08. The van der Waals surface area contributed by atoms with Gasteiger partial charge in [-0.25, -0.2) is 22.8 Å². The number of carbonyl (C=O) groups is 1. The van der Waals surface area contributed by atoms with Gasteiger partial charge in [0.1, 0.15) is 28.7 Å². The third kappa shape index (κ3) is 6.16. The maximum Gasteiger partial charge on any atom is 0.310 e. The summed E-state index contributed by atoms with van der Waals surface area (Å²) in [5, 5.41) is 7.53. The highest BCUT2D eigenvalue weighted by Crippen LogP contribution is 2.37. The average Bonchev–Trinajstić information content (AvgIpc) is 3.62. The molecular weight excluding hydrogens is 583 g/mol. The lowest BCUT2D eigenvalue weighted by Crippen LogP contribution is -2.49. The van der Waals surface area contributed by atoms with Gasteiger partial charge in [0, 0.05) is 13.1 Å². The van der Waals surface area contributed by atoms with Crippen molar-refractivity contribution in [3.8, 4) is 28.8 Å². The summed E-state index contributed by atoms with van der Waals surface area (Å²) in [4.78, 5) is 22.3. The smallest absolute Gasteiger partial charge is 0.310 e. The molecule has 1 fully saturated rings. The van der Waals surface area contributed by atoms with Gasteiger partial charge in [0.2, 0.25) is 11.8 Å². The zero-order valence-corrected chi connectivity index (χ0v) is 24.9. The highest BCUT2D eigenvalue weighted by atomic mass is 32.2. The van der Waals surface area contributed by atoms with E-state index in [1.54, 1.807) is 53.6 Å². The molecule has 228 valence electrons. The molecule has 0 radical (unpaired) electrons. The van der Waals surface area contributed by atoms with Gasteiger partial charge in [-0.3, -0.25) is 9.36 Å². The van der Waals surface area contributed by atoms with Crippen molar-refractivity contribution in [1.82, 2.24) is 24.7 Å². The molecule has 0 aliphatic carbocycles. The summed E-state index contributed by atoms with van der Waals surface area (Å²) >= 11 is 0. The van der Waals surface area contributed by atoms with Crippen molar-refractivity contribution >= 4 is 21.8 Å². The molecule has 13 nitrogen and oxygen atoms in total. The number of nitrogens with zero attached hydrogens (tertiary/aromatic N) is 6. The lowest BCUT2D eigenvalue weighted by Gasteiger charge is -2.36. The van der Waals surface area contributed by atoms with E-state index in [4.69, 9.17) is 18.6 Å². The first-order chi connectivity index (χ1) is 20.6. The number of rotatable bonds is 10. The number of anilines is 1. The van der Waals surface area contributed by atoms with Crippen LogP contribution in [0.3, 0.4) is 0 Å². The van der Waals surface area contributed by atoms with Gasteiger partial charge in [-0.05, 0) is 44.5 Å². The van der Waals surface area contributed by atoms with Gasteiger partial charge in [-0.2, -0.15) is 0 Å². The molecule has 0 bridgehead atoms. The maximum atomic E-state index is 14.1. The van der Waals surface area contributed by atoms with Gasteiger partial charge < -0.3 is 23.5 Å². The summed E-state index contributed by atoms with van der Waals surface area (Å²) in [6.07, 6.45) is 1.98. The minimum atomic E-state index is -4.01. The monoisotopic (exact) mass is 614 g/mol. The molecule has 1 aliphatic rings. The fraction of sp³-hybridized carbons (Fsp3) is 0.393. The van der Waals surface area contributed by atoms with Crippen LogP contribution in [0.4, 0.5) is 10.3 Å². The number of piperidine rings is 1. The maximum absolute atomic E-state index is 14.1. The Hall–Kier alpha value is -4.53. The minimum absolute atomic E-state index is 0.00914. The van der Waals surface area contributed by atoms with E-state index in [0.29, 0.717) is 28.7 Å². The fourth-order valence-electron chi connectivity index (χ4n) is 5.09. The molecule has 0 spiro atoms. The SMILES string of the molecule is CCOC(=O)[C@H]1C[C@H](S(=O)(=O)Cc2nnc(-c3ccc(C)o3)n2-c2c(OC)cccc2OC)CN(c2ncc(F)cn2)C1. The largest absolute Gasteiger partial charge is 0.494 e. The van der Waals surface area contributed by atoms with Gasteiger partial charge in [-0.15, -0.1) is 10.2 Å². The molecule has 15 heteroatoms. The Bertz CT molecular complexity index is 1680. The first-order valence-electron chi connectivity index (χ1n) is 13.5. The number of aryl methyl sites for hydroxylation is 1. The molecule has 0 amide bonds. The van der Waals surface area contributed by atoms with Crippen molar-refractivity contribution in [3.63, 3.8) is 0 Å². The van der Waals surface area contributed by atoms with Gasteiger partial charge in [0.05, 0.1) is 44.4 Å². The van der Waals surface area contributed by atoms with E-state index >= 15 is 0 Å². The number of hydrogen-bond acceptors (Lipinski definition) is 12. The van der Waals surface area contributed by atoms with Crippen molar-refractivity contribution < 1.29 is 36.2 Å². The zero-order valence-electron chi connectivity index (χ0n) is 24.1. The van der Waals surface area contributed by atoms with Crippen molar-refractivity contribution in [1.29, 1.82) is 0 Å². The Kier molecular flexibility index (Phi) is 8.62. The van der Waals surface area contributed by atoms with Crippen LogP contribution in [0.5, 0.6) is 11.5 Å². The summed E-state index contributed by atoms with van der Waals surface area (Å²) in [5.41, 5.74) is 0.390. The molecule has 43 heavy (non-hydrogen) atoms. The molecule has 2 atom stereocenters. The van der Waals surface area contributed by atoms with Gasteiger partial charge in [-0.1, -0.05) is 6.07 Å². The molecular formula is C28H31FN6O7S. The molecule has 0 saturated carbocycles. The van der Waals surface area contributed by atoms with Crippen LogP contribution in [0.2, 0.25) is 0 Å². The summed E-state index contributed by atoms with van der Waals surface area (Å²) < 4.78 is 65.5. The molecule has 4 aromatic rings. The van der Waals surface area contributed by atoms with E-state index in [2.05, 4.69) is 20.2 Å². The average molecular weight is 615 g/mol. The Morgan fingerprint density at radius 1 is 1.07 bits per heavy atom. The first kappa shape index (κ1) is 29.9. The molecule has 0 N–H and O–H groups in total. The second-order valence-electron chi connectivity index (χ2n) is 9.92. The van der Waals surface area contributed by atoms with Gasteiger partial charge in [0.25, 0.3) is 0 Å². The number of benzene rings is 1. The lowest BCUT2D eigenvalue weighted by atomic mass is 9.98. The van der Waals surface area contributed by atoms with Crippen molar-refractivity contribution in [2.24, 2.45) is 5.92 Å². The van der Waals surface area contributed by atoms with Crippen LogP contribution in [-0.2, 0) is 25.1 Å². The number of sulfone groups is 1. The van der Waals surface area contributed by atoms with E-state index < -0.39 is 38.5 Å². The quantitative estimate of drug-likeness (QED) is 0.241. The highest BCUT2D eigenvalue weighted by Gasteiger charge is 2.41. The summed E-state index contributed by atoms with van der Waals surface area (Å²) in [6, 6.07) is 8.62. The number of furan rings is 1. The van der Waals surface area contributed by atoms with Crippen molar-refractivity contribution in [3.05, 3.63) is 60.1 Å². The number of esters is 1. The summed E-state index contributed by atoms with van der Waals surface area (Å²) in [5.74, 6) is -0.299. The predicted molar refractivity (Wildman–Crippen MR) is 152 cm³/mol. The predicted octanol–water partition coefficient (Wildman–Crippen LogP) is 3.16. The minimum Gasteiger partial charge on any atom is -0.494 e. The van der Waals surface area contributed by atoms with Crippen LogP contribution in [-0.4, -0.2) is 78.3 Å². The van der Waals surface area contributed by atoms with E-state index in [-0.39, 0.29) is 43.7 Å². The number of aromatic nitrogens is 5. The molecule has 5 rings (SSSR count). The van der Waals surface area contributed by atoms with Crippen LogP contribution in [0.25, 0.3) is 17.3 Å². The number of para-hydroxylation sites is 1. The highest BCUT2D eigenvalue weighted by molar-refractivity contribution is 7.91. The lowest BCUT2D eigenvalue weighted by molar-refractivity contribution is -0.148. The fourth-order valence-corrected chi connectivity index (χ4v) is 6.80. The summed E-state index contributed by atoms with van der Waals surface area (Å²) in [7, 11) is -1.04. The van der Waals surface area contributed by atoms with Crippen LogP contribution >= 0.6 is 0 Å². The van der Waals surface area contributed by atoms with Crippen LogP contribution in [0.15, 0.2) is 47.1 Å². The summed E-state index contributed by atoms with van der Waals surface area (Å²) in [6.45, 7) is 3.68. The topological polar surface area (TPSA) is 152 Å². The number of ether oxygens (including phenoxy) is 3. The second-order valence-corrected chi connectivity index (χ2v) is 12.2. The molecule has 0 unspecified atom stereocenters. The number of carbonyl (C=O) groups excluding carboxylic acids is 1. The van der Waals surface area contributed by atoms with E-state index in [9.17, 15) is 17.6 Å². The Balaban J connectivity index is 1.57. The molecule has 3 aromatic heterocycles. The van der Waals surface area contributed by atoms with Crippen molar-refractivity contribution in [2.45, 2.75) is 31.3 Å². The van der Waals surface area contributed by atoms with Crippen LogP contribution in [0, 0.1) is 18.7 Å². The van der Waals surface area contributed by atoms with Crippen molar-refractivity contribution in [2.75, 3.05) is 38.8 Å². The first-order valence-corrected chi connectivity index (χ1v) is 15.2. The normalized spacial score (nSPS) is 17.1. The standard InChI is InChI=1S/C28H31FN6O7S/c1-5-41-27(36)18-11-20(15-34(14-18)28-30-12-19(29)13-31-28)43(37,38)16-24-32-33-26(23-10-9-17(2)42-23)35(24)25-21(39-3)7-6-8-22(25)40-4/h6-10,12-13,18,20H,5,11,14-16H2,1-4H3/t18-,20-/m0/s1. The number of halogens is 1. The van der Waals surface area contributed by atoms with E-state index in [1.165, 1.54) is 14.2 Å². The van der Waals surface area contributed by atoms with Gasteiger partial charge in [0.15, 0.2) is 27.2 Å².